The monoisotopic (exact) mass is 272 g/mol. The van der Waals surface area contributed by atoms with E-state index in [1.807, 2.05) is 12.3 Å². The lowest BCUT2D eigenvalue weighted by molar-refractivity contribution is 0.183. The number of nitriles is 1. The Morgan fingerprint density at radius 3 is 2.42 bits per heavy atom. The highest BCUT2D eigenvalue weighted by atomic mass is 32.1. The summed E-state index contributed by atoms with van der Waals surface area (Å²) >= 11 is 1.66. The largest absolute Gasteiger partial charge is 0.483 e. The second-order valence-electron chi connectivity index (χ2n) is 4.50. The second kappa shape index (κ2) is 5.87. The first-order chi connectivity index (χ1) is 9.11. The quantitative estimate of drug-likeness (QED) is 0.928. The van der Waals surface area contributed by atoms with Crippen LogP contribution >= 0.6 is 11.3 Å². The third-order valence-corrected chi connectivity index (χ3v) is 3.96. The van der Waals surface area contributed by atoms with Crippen molar-refractivity contribution in [2.45, 2.75) is 26.0 Å². The Hall–Kier alpha value is -1.83. The molecule has 0 aliphatic carbocycles. The standard InChI is InChI=1S/C15H16N2OS/c1-10-7-8-19-15(10)14(11(2)17)18-13-5-3-12(9-16)4-6-13/h3-8,11,14H,17H2,1-2H3. The van der Waals surface area contributed by atoms with Gasteiger partial charge in [-0.05, 0) is 55.1 Å². The highest BCUT2D eigenvalue weighted by molar-refractivity contribution is 7.10. The molecular weight excluding hydrogens is 256 g/mol. The van der Waals surface area contributed by atoms with E-state index in [9.17, 15) is 0 Å². The van der Waals surface area contributed by atoms with Crippen LogP contribution in [0.5, 0.6) is 5.75 Å². The number of aryl methyl sites for hydroxylation is 1. The molecule has 0 amide bonds. The molecule has 0 bridgehead atoms. The van der Waals surface area contributed by atoms with E-state index in [0.29, 0.717) is 5.56 Å². The fraction of sp³-hybridized carbons (Fsp3) is 0.267. The van der Waals surface area contributed by atoms with E-state index in [4.69, 9.17) is 15.7 Å². The first-order valence-corrected chi connectivity index (χ1v) is 6.96. The lowest BCUT2D eigenvalue weighted by Crippen LogP contribution is -2.28. The molecule has 1 aromatic carbocycles. The average Bonchev–Trinajstić information content (AvgIpc) is 2.82. The predicted molar refractivity (Wildman–Crippen MR) is 77.2 cm³/mol. The Morgan fingerprint density at radius 2 is 1.95 bits per heavy atom. The number of hydrogen-bond donors (Lipinski definition) is 1. The van der Waals surface area contributed by atoms with Crippen LogP contribution in [-0.4, -0.2) is 6.04 Å². The van der Waals surface area contributed by atoms with E-state index >= 15 is 0 Å². The number of ether oxygens (including phenoxy) is 1. The zero-order valence-corrected chi connectivity index (χ0v) is 11.8. The number of nitrogens with zero attached hydrogens (tertiary/aromatic N) is 1. The van der Waals surface area contributed by atoms with Crippen molar-refractivity contribution in [3.63, 3.8) is 0 Å². The molecule has 1 heterocycles. The summed E-state index contributed by atoms with van der Waals surface area (Å²) < 4.78 is 5.98. The Kier molecular flexibility index (Phi) is 4.20. The summed E-state index contributed by atoms with van der Waals surface area (Å²) in [6.45, 7) is 4.00. The molecule has 0 spiro atoms. The molecule has 3 nitrogen and oxygen atoms in total. The van der Waals surface area contributed by atoms with Gasteiger partial charge in [-0.1, -0.05) is 0 Å². The zero-order valence-electron chi connectivity index (χ0n) is 11.0. The number of nitrogens with two attached hydrogens (primary N) is 1. The molecule has 0 radical (unpaired) electrons. The van der Waals surface area contributed by atoms with E-state index in [-0.39, 0.29) is 12.1 Å². The normalized spacial score (nSPS) is 13.6. The van der Waals surface area contributed by atoms with Crippen molar-refractivity contribution < 1.29 is 4.74 Å². The lowest BCUT2D eigenvalue weighted by Gasteiger charge is -2.22. The van der Waals surface area contributed by atoms with Crippen LogP contribution in [0.3, 0.4) is 0 Å². The molecule has 2 unspecified atom stereocenters. The van der Waals surface area contributed by atoms with Crippen molar-refractivity contribution >= 4 is 11.3 Å². The summed E-state index contributed by atoms with van der Waals surface area (Å²) in [6, 6.07) is 11.1. The van der Waals surface area contributed by atoms with E-state index in [2.05, 4.69) is 19.1 Å². The summed E-state index contributed by atoms with van der Waals surface area (Å²) in [5.41, 5.74) is 7.85. The smallest absolute Gasteiger partial charge is 0.148 e. The number of thiophene rings is 1. The van der Waals surface area contributed by atoms with Crippen LogP contribution in [0.2, 0.25) is 0 Å². The van der Waals surface area contributed by atoms with Crippen LogP contribution in [0.4, 0.5) is 0 Å². The van der Waals surface area contributed by atoms with Crippen molar-refractivity contribution in [2.75, 3.05) is 0 Å². The Balaban J connectivity index is 2.22. The Morgan fingerprint density at radius 1 is 1.26 bits per heavy atom. The van der Waals surface area contributed by atoms with Crippen LogP contribution in [-0.2, 0) is 0 Å². The van der Waals surface area contributed by atoms with E-state index < -0.39 is 0 Å². The highest BCUT2D eigenvalue weighted by Gasteiger charge is 2.21. The van der Waals surface area contributed by atoms with Crippen LogP contribution in [0.25, 0.3) is 0 Å². The molecule has 0 fully saturated rings. The van der Waals surface area contributed by atoms with Crippen LogP contribution < -0.4 is 10.5 Å². The number of rotatable bonds is 4. The first kappa shape index (κ1) is 13.6. The maximum absolute atomic E-state index is 8.78. The molecule has 1 aromatic heterocycles. The summed E-state index contributed by atoms with van der Waals surface area (Å²) in [5, 5.41) is 10.8. The van der Waals surface area contributed by atoms with Crippen LogP contribution in [0.15, 0.2) is 35.7 Å². The third-order valence-electron chi connectivity index (χ3n) is 2.88. The maximum Gasteiger partial charge on any atom is 0.148 e. The van der Waals surface area contributed by atoms with Crippen LogP contribution in [0.1, 0.15) is 29.0 Å². The van der Waals surface area contributed by atoms with Gasteiger partial charge in [-0.3, -0.25) is 0 Å². The van der Waals surface area contributed by atoms with Gasteiger partial charge in [0.1, 0.15) is 11.9 Å². The zero-order chi connectivity index (χ0) is 13.8. The Labute approximate surface area is 117 Å². The van der Waals surface area contributed by atoms with E-state index in [1.165, 1.54) is 5.56 Å². The van der Waals surface area contributed by atoms with Crippen molar-refractivity contribution in [2.24, 2.45) is 5.73 Å². The fourth-order valence-corrected chi connectivity index (χ4v) is 2.90. The molecule has 4 heteroatoms. The molecule has 98 valence electrons. The molecule has 0 saturated heterocycles. The molecular formula is C15H16N2OS. The van der Waals surface area contributed by atoms with Gasteiger partial charge in [0, 0.05) is 10.9 Å². The van der Waals surface area contributed by atoms with Crippen LogP contribution in [0, 0.1) is 18.3 Å². The predicted octanol–water partition coefficient (Wildman–Crippen LogP) is 3.40. The van der Waals surface area contributed by atoms with Gasteiger partial charge in [0.2, 0.25) is 0 Å². The van der Waals surface area contributed by atoms with E-state index in [0.717, 1.165) is 10.6 Å². The summed E-state index contributed by atoms with van der Waals surface area (Å²) in [6.07, 6.45) is -0.159. The minimum absolute atomic E-state index is 0.104. The van der Waals surface area contributed by atoms with Gasteiger partial charge in [0.15, 0.2) is 0 Å². The topological polar surface area (TPSA) is 59.0 Å². The summed E-state index contributed by atoms with van der Waals surface area (Å²) in [5.74, 6) is 0.731. The molecule has 2 N–H and O–H groups in total. The van der Waals surface area contributed by atoms with Crippen molar-refractivity contribution in [3.05, 3.63) is 51.7 Å². The van der Waals surface area contributed by atoms with Gasteiger partial charge < -0.3 is 10.5 Å². The molecule has 2 atom stereocenters. The van der Waals surface area contributed by atoms with Gasteiger partial charge in [-0.15, -0.1) is 11.3 Å². The summed E-state index contributed by atoms with van der Waals surface area (Å²) in [4.78, 5) is 1.15. The van der Waals surface area contributed by atoms with Gasteiger partial charge in [0.25, 0.3) is 0 Å². The minimum Gasteiger partial charge on any atom is -0.483 e. The van der Waals surface area contributed by atoms with E-state index in [1.54, 1.807) is 35.6 Å². The molecule has 0 aliphatic heterocycles. The highest BCUT2D eigenvalue weighted by Crippen LogP contribution is 2.30. The maximum atomic E-state index is 8.78. The average molecular weight is 272 g/mol. The van der Waals surface area contributed by atoms with Gasteiger partial charge in [0.05, 0.1) is 11.6 Å². The summed E-state index contributed by atoms with van der Waals surface area (Å²) in [7, 11) is 0. The number of benzene rings is 1. The molecule has 19 heavy (non-hydrogen) atoms. The van der Waals surface area contributed by atoms with Crippen molar-refractivity contribution in [3.8, 4) is 11.8 Å². The second-order valence-corrected chi connectivity index (χ2v) is 5.45. The Bertz CT molecular complexity index is 581. The molecule has 0 aliphatic rings. The SMILES string of the molecule is Cc1ccsc1C(Oc1ccc(C#N)cc1)C(C)N. The van der Waals surface area contributed by atoms with Gasteiger partial charge in [-0.25, -0.2) is 0 Å². The van der Waals surface area contributed by atoms with Crippen molar-refractivity contribution in [1.29, 1.82) is 5.26 Å². The molecule has 2 aromatic rings. The molecule has 2 rings (SSSR count). The van der Waals surface area contributed by atoms with Crippen molar-refractivity contribution in [1.82, 2.24) is 0 Å². The van der Waals surface area contributed by atoms with Gasteiger partial charge >= 0.3 is 0 Å². The third kappa shape index (κ3) is 3.14. The molecule has 0 saturated carbocycles. The first-order valence-electron chi connectivity index (χ1n) is 6.08. The lowest BCUT2D eigenvalue weighted by atomic mass is 10.1. The minimum atomic E-state index is -0.159. The van der Waals surface area contributed by atoms with Gasteiger partial charge in [-0.2, -0.15) is 5.26 Å². The number of hydrogen-bond acceptors (Lipinski definition) is 4. The fourth-order valence-electron chi connectivity index (χ4n) is 1.83.